The Kier molecular flexibility index (Phi) is 4.81. The molecule has 2 heterocycles. The van der Waals surface area contributed by atoms with Crippen molar-refractivity contribution in [2.45, 2.75) is 31.9 Å². The number of nitrogens with zero attached hydrogens (tertiary/aromatic N) is 1. The Morgan fingerprint density at radius 2 is 2.00 bits per heavy atom. The Hall–Kier alpha value is -2.86. The van der Waals surface area contributed by atoms with E-state index in [4.69, 9.17) is 21.7 Å². The lowest BCUT2D eigenvalue weighted by atomic mass is 9.90. The van der Waals surface area contributed by atoms with Crippen LogP contribution in [-0.2, 0) is 0 Å². The fourth-order valence-electron chi connectivity index (χ4n) is 3.67. The number of para-hydroxylation sites is 1. The highest BCUT2D eigenvalue weighted by Crippen LogP contribution is 2.39. The number of methoxy groups -OCH3 is 1. The van der Waals surface area contributed by atoms with Crippen LogP contribution in [0.4, 0.5) is 5.69 Å². The molecule has 0 bridgehead atoms. The van der Waals surface area contributed by atoms with E-state index >= 15 is 0 Å². The van der Waals surface area contributed by atoms with Crippen molar-refractivity contribution < 1.29 is 9.47 Å². The zero-order valence-electron chi connectivity index (χ0n) is 16.2. The van der Waals surface area contributed by atoms with Gasteiger partial charge in [0, 0.05) is 29.3 Å². The molecule has 1 aliphatic heterocycles. The third-order valence-electron chi connectivity index (χ3n) is 4.88. The van der Waals surface area contributed by atoms with Crippen molar-refractivity contribution in [1.29, 1.82) is 0 Å². The molecule has 0 aliphatic carbocycles. The maximum Gasteiger partial charge on any atom is 0.171 e. The second-order valence-corrected chi connectivity index (χ2v) is 7.88. The Balaban J connectivity index is 1.58. The van der Waals surface area contributed by atoms with Crippen molar-refractivity contribution in [1.82, 2.24) is 10.3 Å². The van der Waals surface area contributed by atoms with Crippen molar-refractivity contribution in [2.75, 3.05) is 12.4 Å². The number of thiocarbonyl (C=S) groups is 1. The van der Waals surface area contributed by atoms with Gasteiger partial charge in [0.1, 0.15) is 22.6 Å². The maximum atomic E-state index is 6.11. The van der Waals surface area contributed by atoms with Crippen LogP contribution in [0.15, 0.2) is 54.7 Å². The lowest BCUT2D eigenvalue weighted by molar-refractivity contribution is 0.0697. The molecule has 1 atom stereocenters. The highest BCUT2D eigenvalue weighted by atomic mass is 32.1. The first-order chi connectivity index (χ1) is 13.5. The average molecular weight is 394 g/mol. The van der Waals surface area contributed by atoms with Gasteiger partial charge >= 0.3 is 0 Å². The zero-order valence-corrected chi connectivity index (χ0v) is 17.0. The Morgan fingerprint density at radius 3 is 2.82 bits per heavy atom. The number of ether oxygens (including phenoxy) is 2. The van der Waals surface area contributed by atoms with Gasteiger partial charge in [-0.3, -0.25) is 4.98 Å². The van der Waals surface area contributed by atoms with Crippen LogP contribution in [-0.4, -0.2) is 22.8 Å². The quantitative estimate of drug-likeness (QED) is 0.622. The van der Waals surface area contributed by atoms with Crippen LogP contribution in [0.2, 0.25) is 0 Å². The number of rotatable bonds is 3. The second-order valence-electron chi connectivity index (χ2n) is 7.47. The van der Waals surface area contributed by atoms with Crippen LogP contribution in [0.25, 0.3) is 10.9 Å². The molecule has 2 aromatic carbocycles. The van der Waals surface area contributed by atoms with Gasteiger partial charge in [0.2, 0.25) is 0 Å². The number of hydrogen-bond acceptors (Lipinski definition) is 4. The van der Waals surface area contributed by atoms with Gasteiger partial charge < -0.3 is 20.1 Å². The van der Waals surface area contributed by atoms with Gasteiger partial charge in [0.15, 0.2) is 5.11 Å². The van der Waals surface area contributed by atoms with E-state index in [2.05, 4.69) is 35.5 Å². The van der Waals surface area contributed by atoms with Crippen LogP contribution in [0.1, 0.15) is 31.9 Å². The SMILES string of the molecule is COc1ccc(NC(=S)NC2CC(C)(C)Oc3ccccc32)c2cccnc12. The first-order valence-corrected chi connectivity index (χ1v) is 9.65. The molecule has 0 radical (unpaired) electrons. The molecule has 1 aliphatic rings. The number of fused-ring (bicyclic) bond motifs is 2. The molecule has 5 nitrogen and oxygen atoms in total. The molecule has 3 aromatic rings. The van der Waals surface area contributed by atoms with E-state index in [1.165, 1.54) is 0 Å². The van der Waals surface area contributed by atoms with Crippen molar-refractivity contribution >= 4 is 33.9 Å². The summed E-state index contributed by atoms with van der Waals surface area (Å²) in [7, 11) is 1.65. The molecule has 0 spiro atoms. The van der Waals surface area contributed by atoms with E-state index in [9.17, 15) is 0 Å². The minimum Gasteiger partial charge on any atom is -0.494 e. The Labute approximate surface area is 170 Å². The first-order valence-electron chi connectivity index (χ1n) is 9.24. The van der Waals surface area contributed by atoms with E-state index in [1.54, 1.807) is 13.3 Å². The summed E-state index contributed by atoms with van der Waals surface area (Å²) in [6.45, 7) is 4.19. The molecule has 6 heteroatoms. The van der Waals surface area contributed by atoms with Gasteiger partial charge in [-0.25, -0.2) is 0 Å². The number of nitrogens with one attached hydrogen (secondary N) is 2. The summed E-state index contributed by atoms with van der Waals surface area (Å²) in [4.78, 5) is 4.44. The lowest BCUT2D eigenvalue weighted by Gasteiger charge is -2.38. The van der Waals surface area contributed by atoms with Crippen LogP contribution in [0.3, 0.4) is 0 Å². The van der Waals surface area contributed by atoms with Crippen LogP contribution < -0.4 is 20.1 Å². The third-order valence-corrected chi connectivity index (χ3v) is 5.10. The number of aromatic nitrogens is 1. The van der Waals surface area contributed by atoms with Crippen LogP contribution >= 0.6 is 12.2 Å². The molecule has 0 amide bonds. The van der Waals surface area contributed by atoms with Gasteiger partial charge in [0.05, 0.1) is 13.2 Å². The molecule has 28 heavy (non-hydrogen) atoms. The van der Waals surface area contributed by atoms with E-state index < -0.39 is 0 Å². The maximum absolute atomic E-state index is 6.11. The number of benzene rings is 2. The zero-order chi connectivity index (χ0) is 19.7. The second kappa shape index (κ2) is 7.28. The average Bonchev–Trinajstić information content (AvgIpc) is 2.67. The Bertz CT molecular complexity index is 1040. The monoisotopic (exact) mass is 393 g/mol. The van der Waals surface area contributed by atoms with E-state index in [0.29, 0.717) is 5.11 Å². The van der Waals surface area contributed by atoms with Crippen LogP contribution in [0, 0.1) is 0 Å². The van der Waals surface area contributed by atoms with Gasteiger partial charge in [-0.2, -0.15) is 0 Å². The molecule has 0 saturated heterocycles. The molecule has 144 valence electrons. The van der Waals surface area contributed by atoms with Gasteiger partial charge in [-0.05, 0) is 56.4 Å². The Morgan fingerprint density at radius 1 is 1.18 bits per heavy atom. The summed E-state index contributed by atoms with van der Waals surface area (Å²) in [6.07, 6.45) is 2.57. The first kappa shape index (κ1) is 18.5. The van der Waals surface area contributed by atoms with Gasteiger partial charge in [-0.15, -0.1) is 0 Å². The molecule has 4 rings (SSSR count). The molecule has 1 unspecified atom stereocenters. The normalized spacial score (nSPS) is 17.3. The highest BCUT2D eigenvalue weighted by Gasteiger charge is 2.33. The smallest absolute Gasteiger partial charge is 0.171 e. The van der Waals surface area contributed by atoms with Crippen LogP contribution in [0.5, 0.6) is 11.5 Å². The highest BCUT2D eigenvalue weighted by molar-refractivity contribution is 7.80. The molecule has 1 aromatic heterocycles. The van der Waals surface area contributed by atoms with E-state index in [-0.39, 0.29) is 11.6 Å². The van der Waals surface area contributed by atoms with Crippen molar-refractivity contribution in [3.05, 3.63) is 60.3 Å². The summed E-state index contributed by atoms with van der Waals surface area (Å²) < 4.78 is 11.5. The molecular weight excluding hydrogens is 370 g/mol. The lowest BCUT2D eigenvalue weighted by Crippen LogP contribution is -2.42. The fourth-order valence-corrected chi connectivity index (χ4v) is 3.92. The molecule has 0 fully saturated rings. The minimum absolute atomic E-state index is 0.0718. The van der Waals surface area contributed by atoms with Gasteiger partial charge in [-0.1, -0.05) is 18.2 Å². The fraction of sp³-hybridized carbons (Fsp3) is 0.273. The summed E-state index contributed by atoms with van der Waals surface area (Å²) in [5.74, 6) is 1.64. The summed E-state index contributed by atoms with van der Waals surface area (Å²) in [6, 6.07) is 15.9. The van der Waals surface area contributed by atoms with Crippen molar-refractivity contribution in [3.8, 4) is 11.5 Å². The third kappa shape index (κ3) is 3.60. The van der Waals surface area contributed by atoms with E-state index in [0.717, 1.165) is 40.1 Å². The molecular formula is C22H23N3O2S. The summed E-state index contributed by atoms with van der Waals surface area (Å²) >= 11 is 5.63. The minimum atomic E-state index is -0.266. The number of anilines is 1. The summed E-state index contributed by atoms with van der Waals surface area (Å²) in [5.41, 5.74) is 2.54. The van der Waals surface area contributed by atoms with Crippen molar-refractivity contribution in [2.24, 2.45) is 0 Å². The molecule has 0 saturated carbocycles. The largest absolute Gasteiger partial charge is 0.494 e. The predicted molar refractivity (Wildman–Crippen MR) is 116 cm³/mol. The predicted octanol–water partition coefficient (Wildman–Crippen LogP) is 4.83. The topological polar surface area (TPSA) is 55.4 Å². The van der Waals surface area contributed by atoms with E-state index in [1.807, 2.05) is 42.5 Å². The summed E-state index contributed by atoms with van der Waals surface area (Å²) in [5, 5.41) is 8.31. The molecule has 2 N–H and O–H groups in total. The standard InChI is InChI=1S/C22H23N3O2S/c1-22(2)13-17(14-7-4-5-9-18(14)27-22)25-21(28)24-16-10-11-19(26-3)20-15(16)8-6-12-23-20/h4-12,17H,13H2,1-3H3,(H2,24,25,28). The van der Waals surface area contributed by atoms with Crippen molar-refractivity contribution in [3.63, 3.8) is 0 Å². The number of hydrogen-bond donors (Lipinski definition) is 2. The number of pyridine rings is 1. The van der Waals surface area contributed by atoms with Gasteiger partial charge in [0.25, 0.3) is 0 Å².